The van der Waals surface area contributed by atoms with Crippen LogP contribution in [0.25, 0.3) is 16.0 Å². The molecule has 0 aromatic carbocycles. The minimum absolute atomic E-state index is 0. The molecular formula is C18H37FeN6-. The van der Waals surface area contributed by atoms with Crippen LogP contribution in [0.15, 0.2) is 12.2 Å². The molecule has 3 heterocycles. The summed E-state index contributed by atoms with van der Waals surface area (Å²) in [5.74, 6) is 0. The Kier molecular flexibility index (Phi) is 17.4. The second kappa shape index (κ2) is 17.4. The molecule has 0 radical (unpaired) electrons. The summed E-state index contributed by atoms with van der Waals surface area (Å²) in [7, 11) is 0. The quantitative estimate of drug-likeness (QED) is 0.504. The van der Waals surface area contributed by atoms with Gasteiger partial charge >= 0.3 is 17.1 Å². The van der Waals surface area contributed by atoms with Crippen LogP contribution in [-0.4, -0.2) is 57.4 Å². The first kappa shape index (κ1) is 25.0. The summed E-state index contributed by atoms with van der Waals surface area (Å²) in [6.07, 6.45) is 12.9. The van der Waals surface area contributed by atoms with Crippen molar-refractivity contribution in [1.82, 2.24) is 0 Å². The van der Waals surface area contributed by atoms with Gasteiger partial charge in [-0.25, -0.2) is 0 Å². The fourth-order valence-electron chi connectivity index (χ4n) is 2.88. The molecule has 0 saturated carbocycles. The average molecular weight is 393 g/mol. The van der Waals surface area contributed by atoms with Crippen molar-refractivity contribution in [2.45, 2.75) is 63.1 Å². The van der Waals surface area contributed by atoms with E-state index in [0.29, 0.717) is 24.7 Å². The minimum Gasteiger partial charge on any atom is -0.658 e. The van der Waals surface area contributed by atoms with Gasteiger partial charge in [0.25, 0.3) is 0 Å². The van der Waals surface area contributed by atoms with E-state index in [1.807, 2.05) is 0 Å². The van der Waals surface area contributed by atoms with E-state index in [9.17, 15) is 0 Å². The third-order valence-corrected chi connectivity index (χ3v) is 4.47. The Morgan fingerprint density at radius 1 is 0.720 bits per heavy atom. The molecule has 6 N–H and O–H groups in total. The number of nitrogens with two attached hydrogens (primary N) is 3. The van der Waals surface area contributed by atoms with Crippen molar-refractivity contribution in [2.75, 3.05) is 39.3 Å². The molecule has 3 unspecified atom stereocenters. The van der Waals surface area contributed by atoms with Crippen LogP contribution >= 0.6 is 0 Å². The van der Waals surface area contributed by atoms with Crippen molar-refractivity contribution in [1.29, 1.82) is 0 Å². The van der Waals surface area contributed by atoms with Gasteiger partial charge in [-0.2, -0.15) is 0 Å². The van der Waals surface area contributed by atoms with Crippen molar-refractivity contribution in [3.8, 4) is 0 Å². The first-order chi connectivity index (χ1) is 11.8. The SMILES string of the molecule is NCC1C=CCC[N-]1.NCC1CCCC[N-]1.NCC1CCCC[N-]1.[Fe+2]. The Morgan fingerprint density at radius 3 is 1.52 bits per heavy atom. The van der Waals surface area contributed by atoms with Gasteiger partial charge in [-0.3, -0.25) is 0 Å². The van der Waals surface area contributed by atoms with Crippen molar-refractivity contribution in [2.24, 2.45) is 17.2 Å². The Bertz CT molecular complexity index is 286. The Morgan fingerprint density at radius 2 is 1.28 bits per heavy atom. The van der Waals surface area contributed by atoms with Crippen LogP contribution in [0.4, 0.5) is 0 Å². The maximum atomic E-state index is 5.41. The molecule has 2 fully saturated rings. The molecule has 6 nitrogen and oxygen atoms in total. The Balaban J connectivity index is 0.000000339. The predicted molar refractivity (Wildman–Crippen MR) is 105 cm³/mol. The molecule has 0 bridgehead atoms. The summed E-state index contributed by atoms with van der Waals surface area (Å²) in [6, 6.07) is 1.29. The number of piperidine rings is 2. The molecule has 25 heavy (non-hydrogen) atoms. The van der Waals surface area contributed by atoms with E-state index in [1.165, 1.54) is 38.5 Å². The normalized spacial score (nSPS) is 28.5. The van der Waals surface area contributed by atoms with Crippen molar-refractivity contribution in [3.63, 3.8) is 0 Å². The topological polar surface area (TPSA) is 120 Å². The number of rotatable bonds is 3. The molecule has 0 aliphatic carbocycles. The van der Waals surface area contributed by atoms with E-state index in [4.69, 9.17) is 17.2 Å². The van der Waals surface area contributed by atoms with E-state index in [1.54, 1.807) is 0 Å². The second-order valence-corrected chi connectivity index (χ2v) is 6.51. The summed E-state index contributed by atoms with van der Waals surface area (Å²) in [5, 5.41) is 12.9. The van der Waals surface area contributed by atoms with Gasteiger partial charge in [0.1, 0.15) is 0 Å². The van der Waals surface area contributed by atoms with E-state index >= 15 is 0 Å². The third kappa shape index (κ3) is 12.9. The average Bonchev–Trinajstić information content (AvgIpc) is 2.71. The van der Waals surface area contributed by atoms with Crippen LogP contribution < -0.4 is 17.2 Å². The smallest absolute Gasteiger partial charge is 0.658 e. The van der Waals surface area contributed by atoms with E-state index in [2.05, 4.69) is 28.1 Å². The van der Waals surface area contributed by atoms with E-state index in [-0.39, 0.29) is 17.1 Å². The Hall–Kier alpha value is 0.0195. The first-order valence-corrected chi connectivity index (χ1v) is 9.56. The fourth-order valence-corrected chi connectivity index (χ4v) is 2.88. The molecular weight excluding hydrogens is 356 g/mol. The number of hydrogen-bond donors (Lipinski definition) is 3. The number of hydrogen-bond acceptors (Lipinski definition) is 3. The molecule has 7 heteroatoms. The third-order valence-electron chi connectivity index (χ3n) is 4.47. The molecule has 2 saturated heterocycles. The summed E-state index contributed by atoms with van der Waals surface area (Å²) in [5.41, 5.74) is 16.2. The maximum absolute atomic E-state index is 5.41. The van der Waals surface area contributed by atoms with E-state index in [0.717, 1.165) is 39.1 Å². The van der Waals surface area contributed by atoms with E-state index < -0.39 is 0 Å². The molecule has 3 aliphatic heterocycles. The molecule has 3 rings (SSSR count). The van der Waals surface area contributed by atoms with Gasteiger partial charge in [-0.15, -0.1) is 43.8 Å². The maximum Gasteiger partial charge on any atom is 2.00 e. The summed E-state index contributed by atoms with van der Waals surface area (Å²) in [4.78, 5) is 0. The molecule has 3 aliphatic rings. The zero-order valence-electron chi connectivity index (χ0n) is 15.5. The molecule has 148 valence electrons. The number of nitrogens with zero attached hydrogens (tertiary/aromatic N) is 3. The van der Waals surface area contributed by atoms with Gasteiger partial charge in [-0.05, 0) is 19.6 Å². The van der Waals surface area contributed by atoms with Crippen LogP contribution in [0.2, 0.25) is 0 Å². The zero-order valence-corrected chi connectivity index (χ0v) is 16.6. The van der Waals surface area contributed by atoms with Crippen LogP contribution in [-0.2, 0) is 17.1 Å². The van der Waals surface area contributed by atoms with Crippen LogP contribution in [0.5, 0.6) is 0 Å². The summed E-state index contributed by atoms with van der Waals surface area (Å²) < 4.78 is 0. The first-order valence-electron chi connectivity index (χ1n) is 9.56. The molecule has 0 amide bonds. The standard InChI is InChI=1S/2C6H13N2.C6H11N2.Fe/c3*7-5-6-3-1-2-4-8-6;/h2*6H,1-5,7H2;1,3,6H,2,4-5,7H2;/q3*-1;+2. The summed E-state index contributed by atoms with van der Waals surface area (Å²) >= 11 is 0. The predicted octanol–water partition coefficient (Wildman–Crippen LogP) is 2.39. The van der Waals surface area contributed by atoms with Crippen molar-refractivity contribution >= 4 is 0 Å². The van der Waals surface area contributed by atoms with Crippen LogP contribution in [0.1, 0.15) is 44.9 Å². The van der Waals surface area contributed by atoms with Crippen molar-refractivity contribution < 1.29 is 17.1 Å². The molecule has 0 spiro atoms. The second-order valence-electron chi connectivity index (χ2n) is 6.51. The van der Waals surface area contributed by atoms with Gasteiger partial charge in [0.15, 0.2) is 0 Å². The van der Waals surface area contributed by atoms with Gasteiger partial charge in [0.2, 0.25) is 0 Å². The van der Waals surface area contributed by atoms with Gasteiger partial charge in [0.05, 0.1) is 0 Å². The minimum atomic E-state index is 0. The zero-order chi connectivity index (χ0) is 17.5. The van der Waals surface area contributed by atoms with Gasteiger partial charge in [0, 0.05) is 0 Å². The van der Waals surface area contributed by atoms with Gasteiger partial charge < -0.3 is 33.2 Å². The molecule has 0 aromatic rings. The molecule has 0 aromatic heterocycles. The fraction of sp³-hybridized carbons (Fsp3) is 0.889. The Labute approximate surface area is 165 Å². The van der Waals surface area contributed by atoms with Crippen molar-refractivity contribution in [3.05, 3.63) is 28.1 Å². The van der Waals surface area contributed by atoms with Crippen LogP contribution in [0.3, 0.4) is 0 Å². The van der Waals surface area contributed by atoms with Crippen LogP contribution in [0, 0.1) is 0 Å². The largest absolute Gasteiger partial charge is 2.00 e. The molecule has 3 atom stereocenters. The van der Waals surface area contributed by atoms with Gasteiger partial charge in [-0.1, -0.05) is 51.0 Å². The monoisotopic (exact) mass is 393 g/mol. The summed E-state index contributed by atoms with van der Waals surface area (Å²) in [6.45, 7) is 5.21.